The lowest BCUT2D eigenvalue weighted by Gasteiger charge is -2.22. The Hall–Kier alpha value is -2.34. The molecule has 0 spiro atoms. The second-order valence-corrected chi connectivity index (χ2v) is 6.80. The van der Waals surface area contributed by atoms with Gasteiger partial charge in [-0.2, -0.15) is 0 Å². The molecule has 0 heterocycles. The lowest BCUT2D eigenvalue weighted by atomic mass is 9.81. The van der Waals surface area contributed by atoms with Crippen molar-refractivity contribution in [3.63, 3.8) is 0 Å². The molecule has 0 bridgehead atoms. The van der Waals surface area contributed by atoms with E-state index in [9.17, 15) is 0 Å². The maximum absolute atomic E-state index is 2.38. The van der Waals surface area contributed by atoms with Crippen LogP contribution in [0, 0.1) is 6.92 Å². The van der Waals surface area contributed by atoms with E-state index in [1.165, 1.54) is 38.9 Å². The molecule has 1 aliphatic carbocycles. The van der Waals surface area contributed by atoms with Crippen LogP contribution in [0.3, 0.4) is 0 Å². The molecule has 0 unspecified atom stereocenters. The minimum atomic E-state index is 0.0709. The molecule has 3 aromatic rings. The summed E-state index contributed by atoms with van der Waals surface area (Å²) in [5, 5.41) is 0. The summed E-state index contributed by atoms with van der Waals surface area (Å²) in [6.07, 6.45) is 0. The molecule has 24 heavy (non-hydrogen) atoms. The first-order valence-electron chi connectivity index (χ1n) is 8.89. The van der Waals surface area contributed by atoms with Crippen molar-refractivity contribution in [2.24, 2.45) is 0 Å². The van der Waals surface area contributed by atoms with E-state index < -0.39 is 0 Å². The van der Waals surface area contributed by atoms with Gasteiger partial charge in [0.05, 0.1) is 0 Å². The van der Waals surface area contributed by atoms with Gasteiger partial charge in [-0.3, -0.25) is 0 Å². The highest BCUT2D eigenvalue weighted by atomic mass is 14.4. The van der Waals surface area contributed by atoms with E-state index in [1.807, 2.05) is 13.8 Å². The topological polar surface area (TPSA) is 0 Å². The zero-order valence-electron chi connectivity index (χ0n) is 15.4. The Morgan fingerprint density at radius 3 is 1.88 bits per heavy atom. The Labute approximate surface area is 146 Å². The predicted molar refractivity (Wildman–Crippen MR) is 106 cm³/mol. The molecule has 122 valence electrons. The number of aryl methyl sites for hydroxylation is 1. The summed E-state index contributed by atoms with van der Waals surface area (Å²) in [5.41, 5.74) is 9.67. The molecule has 0 radical (unpaired) electrons. The molecular weight excluding hydrogens is 288 g/mol. The molecule has 0 saturated carbocycles. The summed E-state index contributed by atoms with van der Waals surface area (Å²) < 4.78 is 0. The SMILES string of the molecule is CC.Cc1ccc2c(c1)C(C)(C)c1cc(-c3ccccc3)ccc1-2. The highest BCUT2D eigenvalue weighted by Gasteiger charge is 2.35. The van der Waals surface area contributed by atoms with Gasteiger partial charge in [-0.15, -0.1) is 0 Å². The Morgan fingerprint density at radius 1 is 0.625 bits per heavy atom. The number of hydrogen-bond donors (Lipinski definition) is 0. The molecule has 0 saturated heterocycles. The summed E-state index contributed by atoms with van der Waals surface area (Å²) in [5.74, 6) is 0. The van der Waals surface area contributed by atoms with Crippen LogP contribution in [0.2, 0.25) is 0 Å². The van der Waals surface area contributed by atoms with Crippen molar-refractivity contribution in [3.8, 4) is 22.3 Å². The summed E-state index contributed by atoms with van der Waals surface area (Å²) in [4.78, 5) is 0. The van der Waals surface area contributed by atoms with Crippen LogP contribution >= 0.6 is 0 Å². The van der Waals surface area contributed by atoms with Crippen molar-refractivity contribution in [3.05, 3.63) is 83.4 Å². The summed E-state index contributed by atoms with van der Waals surface area (Å²) >= 11 is 0. The third-order valence-electron chi connectivity index (χ3n) is 4.94. The Bertz CT molecular complexity index is 854. The molecule has 1 aliphatic rings. The zero-order chi connectivity index (χ0) is 17.3. The van der Waals surface area contributed by atoms with E-state index in [4.69, 9.17) is 0 Å². The molecule has 0 fully saturated rings. The summed E-state index contributed by atoms with van der Waals surface area (Å²) in [7, 11) is 0. The zero-order valence-corrected chi connectivity index (χ0v) is 15.4. The highest BCUT2D eigenvalue weighted by molar-refractivity contribution is 5.83. The predicted octanol–water partition coefficient (Wildman–Crippen LogP) is 6.99. The van der Waals surface area contributed by atoms with Gasteiger partial charge in [0.1, 0.15) is 0 Å². The van der Waals surface area contributed by atoms with Crippen molar-refractivity contribution >= 4 is 0 Å². The first kappa shape index (κ1) is 16.5. The quantitative estimate of drug-likeness (QED) is 0.454. The minimum absolute atomic E-state index is 0.0709. The van der Waals surface area contributed by atoms with Crippen molar-refractivity contribution in [2.45, 2.75) is 40.0 Å². The molecular formula is C24H26. The van der Waals surface area contributed by atoms with Crippen molar-refractivity contribution < 1.29 is 0 Å². The van der Waals surface area contributed by atoms with Crippen LogP contribution in [0.25, 0.3) is 22.3 Å². The molecule has 0 nitrogen and oxygen atoms in total. The monoisotopic (exact) mass is 314 g/mol. The molecule has 0 amide bonds. The maximum atomic E-state index is 2.38. The van der Waals surface area contributed by atoms with Gasteiger partial charge in [0.15, 0.2) is 0 Å². The van der Waals surface area contributed by atoms with Crippen LogP contribution < -0.4 is 0 Å². The van der Waals surface area contributed by atoms with E-state index in [1.54, 1.807) is 0 Å². The fourth-order valence-electron chi connectivity index (χ4n) is 3.66. The van der Waals surface area contributed by atoms with Crippen LogP contribution in [-0.2, 0) is 5.41 Å². The standard InChI is InChI=1S/C22H20.C2H6/c1-15-9-11-18-19-12-10-17(16-7-5-4-6-8-16)14-21(19)22(2,3)20(18)13-15;1-2/h4-14H,1-3H3;1-2H3. The van der Waals surface area contributed by atoms with Gasteiger partial charge in [0.25, 0.3) is 0 Å². The number of benzene rings is 3. The molecule has 0 heteroatoms. The molecule has 3 aromatic carbocycles. The van der Waals surface area contributed by atoms with Gasteiger partial charge >= 0.3 is 0 Å². The lowest BCUT2D eigenvalue weighted by Crippen LogP contribution is -2.15. The van der Waals surface area contributed by atoms with Gasteiger partial charge in [-0.25, -0.2) is 0 Å². The van der Waals surface area contributed by atoms with E-state index in [2.05, 4.69) is 87.5 Å². The second kappa shape index (κ2) is 6.28. The fraction of sp³-hybridized carbons (Fsp3) is 0.250. The Kier molecular flexibility index (Phi) is 4.32. The van der Waals surface area contributed by atoms with Crippen LogP contribution in [-0.4, -0.2) is 0 Å². The third-order valence-corrected chi connectivity index (χ3v) is 4.94. The number of fused-ring (bicyclic) bond motifs is 3. The molecule has 0 aliphatic heterocycles. The number of hydrogen-bond acceptors (Lipinski definition) is 0. The van der Waals surface area contributed by atoms with E-state index in [-0.39, 0.29) is 5.41 Å². The van der Waals surface area contributed by atoms with Gasteiger partial charge < -0.3 is 0 Å². The van der Waals surface area contributed by atoms with Crippen LogP contribution in [0.15, 0.2) is 66.7 Å². The average molecular weight is 314 g/mol. The van der Waals surface area contributed by atoms with E-state index in [0.29, 0.717) is 0 Å². The maximum Gasteiger partial charge on any atom is 0.0159 e. The normalized spacial score (nSPS) is 13.5. The van der Waals surface area contributed by atoms with Gasteiger partial charge in [0.2, 0.25) is 0 Å². The average Bonchev–Trinajstić information content (AvgIpc) is 2.84. The Morgan fingerprint density at radius 2 is 1.21 bits per heavy atom. The smallest absolute Gasteiger partial charge is 0.0159 e. The highest BCUT2D eigenvalue weighted by Crippen LogP contribution is 2.49. The van der Waals surface area contributed by atoms with Gasteiger partial charge in [-0.1, -0.05) is 93.9 Å². The van der Waals surface area contributed by atoms with E-state index in [0.717, 1.165) is 0 Å². The largest absolute Gasteiger partial charge is 0.0683 e. The molecule has 0 aromatic heterocycles. The van der Waals surface area contributed by atoms with E-state index >= 15 is 0 Å². The Balaban J connectivity index is 0.000000815. The van der Waals surface area contributed by atoms with Crippen molar-refractivity contribution in [2.75, 3.05) is 0 Å². The number of rotatable bonds is 1. The summed E-state index contributed by atoms with van der Waals surface area (Å²) in [6.45, 7) is 10.9. The molecule has 0 N–H and O–H groups in total. The van der Waals surface area contributed by atoms with Crippen LogP contribution in [0.4, 0.5) is 0 Å². The minimum Gasteiger partial charge on any atom is -0.0683 e. The second-order valence-electron chi connectivity index (χ2n) is 6.80. The molecule has 4 rings (SSSR count). The lowest BCUT2D eigenvalue weighted by molar-refractivity contribution is 0.660. The first-order valence-corrected chi connectivity index (χ1v) is 8.89. The summed E-state index contributed by atoms with van der Waals surface area (Å²) in [6, 6.07) is 24.4. The molecule has 0 atom stereocenters. The van der Waals surface area contributed by atoms with Crippen molar-refractivity contribution in [1.29, 1.82) is 0 Å². The third kappa shape index (κ3) is 2.57. The fourth-order valence-corrected chi connectivity index (χ4v) is 3.66. The van der Waals surface area contributed by atoms with Gasteiger partial charge in [-0.05, 0) is 46.4 Å². The van der Waals surface area contributed by atoms with Crippen LogP contribution in [0.5, 0.6) is 0 Å². The first-order chi connectivity index (χ1) is 11.6. The van der Waals surface area contributed by atoms with Crippen LogP contribution in [0.1, 0.15) is 44.4 Å². The van der Waals surface area contributed by atoms with Crippen molar-refractivity contribution in [1.82, 2.24) is 0 Å². The van der Waals surface area contributed by atoms with Gasteiger partial charge in [0, 0.05) is 5.41 Å².